The molecule has 0 bridgehead atoms. The van der Waals surface area contributed by atoms with Gasteiger partial charge in [-0.25, -0.2) is 4.98 Å². The Labute approximate surface area is 76.9 Å². The lowest BCUT2D eigenvalue weighted by molar-refractivity contribution is 0.947. The van der Waals surface area contributed by atoms with Gasteiger partial charge < -0.3 is 0 Å². The molecule has 0 radical (unpaired) electrons. The Morgan fingerprint density at radius 1 is 1.33 bits per heavy atom. The van der Waals surface area contributed by atoms with Gasteiger partial charge >= 0.3 is 0 Å². The summed E-state index contributed by atoms with van der Waals surface area (Å²) in [5.74, 6) is 0. The first-order chi connectivity index (χ1) is 5.81. The van der Waals surface area contributed by atoms with E-state index in [1.165, 1.54) is 11.8 Å². The van der Waals surface area contributed by atoms with E-state index in [2.05, 4.69) is 25.4 Å². The summed E-state index contributed by atoms with van der Waals surface area (Å²) in [5.41, 5.74) is 1.01. The molecule has 12 heavy (non-hydrogen) atoms. The van der Waals surface area contributed by atoms with Gasteiger partial charge in [-0.2, -0.15) is 15.3 Å². The van der Waals surface area contributed by atoms with Gasteiger partial charge in [0.05, 0.1) is 0 Å². The minimum absolute atomic E-state index is 0.332. The van der Waals surface area contributed by atoms with Gasteiger partial charge in [-0.3, -0.25) is 0 Å². The van der Waals surface area contributed by atoms with Crippen LogP contribution in [0.5, 0.6) is 0 Å². The van der Waals surface area contributed by atoms with Crippen molar-refractivity contribution in [2.24, 2.45) is 0 Å². The lowest BCUT2D eigenvalue weighted by atomic mass is 10.6. The monoisotopic (exact) mass is 201 g/mol. The zero-order valence-corrected chi connectivity index (χ0v) is 7.65. The second-order valence-corrected chi connectivity index (χ2v) is 3.13. The highest BCUT2D eigenvalue weighted by Crippen LogP contribution is 2.19. The third-order valence-corrected chi connectivity index (χ3v) is 2.11. The molecule has 2 aromatic heterocycles. The van der Waals surface area contributed by atoms with Crippen molar-refractivity contribution < 1.29 is 0 Å². The SMILES string of the molecule is CSc1nc(Cl)c2n[nH]nc2n1. The van der Waals surface area contributed by atoms with Gasteiger partial charge in [-0.15, -0.1) is 5.10 Å². The molecule has 0 unspecified atom stereocenters. The number of thioether (sulfide) groups is 1. The van der Waals surface area contributed by atoms with Crippen molar-refractivity contribution in [3.05, 3.63) is 5.15 Å². The van der Waals surface area contributed by atoms with E-state index in [1.54, 1.807) is 0 Å². The summed E-state index contributed by atoms with van der Waals surface area (Å²) in [7, 11) is 0. The molecule has 2 aromatic rings. The topological polar surface area (TPSA) is 67.3 Å². The summed E-state index contributed by atoms with van der Waals surface area (Å²) >= 11 is 7.21. The van der Waals surface area contributed by atoms with Crippen LogP contribution in [0.3, 0.4) is 0 Å². The van der Waals surface area contributed by atoms with Crippen molar-refractivity contribution >= 4 is 34.5 Å². The maximum absolute atomic E-state index is 5.80. The van der Waals surface area contributed by atoms with Gasteiger partial charge in [0.2, 0.25) is 5.65 Å². The Bertz CT molecular complexity index is 413. The van der Waals surface area contributed by atoms with Gasteiger partial charge in [-0.05, 0) is 6.26 Å². The Kier molecular flexibility index (Phi) is 1.86. The van der Waals surface area contributed by atoms with E-state index < -0.39 is 0 Å². The molecular weight excluding hydrogens is 198 g/mol. The Morgan fingerprint density at radius 2 is 2.17 bits per heavy atom. The number of halogens is 1. The molecule has 0 spiro atoms. The predicted molar refractivity (Wildman–Crippen MR) is 46.3 cm³/mol. The van der Waals surface area contributed by atoms with Gasteiger partial charge in [0.1, 0.15) is 0 Å². The van der Waals surface area contributed by atoms with Crippen LogP contribution in [0.4, 0.5) is 0 Å². The van der Waals surface area contributed by atoms with Crippen molar-refractivity contribution in [2.75, 3.05) is 6.26 Å². The largest absolute Gasteiger partial charge is 0.208 e. The van der Waals surface area contributed by atoms with Crippen molar-refractivity contribution in [1.82, 2.24) is 25.4 Å². The molecule has 0 aliphatic rings. The number of fused-ring (bicyclic) bond motifs is 1. The number of rotatable bonds is 1. The maximum atomic E-state index is 5.80. The number of nitrogens with zero attached hydrogens (tertiary/aromatic N) is 4. The van der Waals surface area contributed by atoms with Crippen LogP contribution in [0.1, 0.15) is 0 Å². The first-order valence-electron chi connectivity index (χ1n) is 3.09. The third-order valence-electron chi connectivity index (χ3n) is 1.30. The van der Waals surface area contributed by atoms with E-state index in [0.29, 0.717) is 21.5 Å². The van der Waals surface area contributed by atoms with Crippen molar-refractivity contribution in [3.63, 3.8) is 0 Å². The Hall–Kier alpha value is -0.880. The summed E-state index contributed by atoms with van der Waals surface area (Å²) in [6, 6.07) is 0. The highest BCUT2D eigenvalue weighted by atomic mass is 35.5. The first kappa shape index (κ1) is 7.75. The average molecular weight is 202 g/mol. The number of aromatic amines is 1. The number of nitrogens with one attached hydrogen (secondary N) is 1. The molecule has 0 aliphatic carbocycles. The molecule has 0 atom stereocenters. The lowest BCUT2D eigenvalue weighted by Gasteiger charge is -1.93. The normalized spacial score (nSPS) is 10.8. The summed E-state index contributed by atoms with van der Waals surface area (Å²) in [6.07, 6.45) is 1.87. The Balaban J connectivity index is 2.75. The quantitative estimate of drug-likeness (QED) is 0.426. The van der Waals surface area contributed by atoms with Gasteiger partial charge in [0, 0.05) is 0 Å². The molecule has 1 N–H and O–H groups in total. The molecule has 0 fully saturated rings. The van der Waals surface area contributed by atoms with Crippen LogP contribution in [0.2, 0.25) is 5.15 Å². The summed E-state index contributed by atoms with van der Waals surface area (Å²) in [6.45, 7) is 0. The van der Waals surface area contributed by atoms with Crippen molar-refractivity contribution in [1.29, 1.82) is 0 Å². The molecule has 0 aliphatic heterocycles. The van der Waals surface area contributed by atoms with Crippen LogP contribution in [0.15, 0.2) is 5.16 Å². The molecule has 0 aromatic carbocycles. The summed E-state index contributed by atoms with van der Waals surface area (Å²) in [4.78, 5) is 8.06. The first-order valence-corrected chi connectivity index (χ1v) is 4.69. The van der Waals surface area contributed by atoms with E-state index in [1.807, 2.05) is 6.26 Å². The summed E-state index contributed by atoms with van der Waals surface area (Å²) in [5, 5.41) is 11.0. The molecule has 2 rings (SSSR count). The second-order valence-electron chi connectivity index (χ2n) is 2.00. The number of hydrogen-bond donors (Lipinski definition) is 1. The van der Waals surface area contributed by atoms with E-state index in [-0.39, 0.29) is 0 Å². The molecule has 0 saturated carbocycles. The smallest absolute Gasteiger partial charge is 0.207 e. The fraction of sp³-hybridized carbons (Fsp3) is 0.200. The predicted octanol–water partition coefficient (Wildman–Crippen LogP) is 1.12. The van der Waals surface area contributed by atoms with Crippen LogP contribution in [0.25, 0.3) is 11.2 Å². The number of aromatic nitrogens is 5. The molecule has 7 heteroatoms. The van der Waals surface area contributed by atoms with E-state index in [9.17, 15) is 0 Å². The highest BCUT2D eigenvalue weighted by molar-refractivity contribution is 7.98. The van der Waals surface area contributed by atoms with Crippen LogP contribution in [-0.2, 0) is 0 Å². The molecule has 5 nitrogen and oxygen atoms in total. The lowest BCUT2D eigenvalue weighted by Crippen LogP contribution is -1.87. The standard InChI is InChI=1S/C5H4ClN5S/c1-12-5-7-3(6)2-4(8-5)10-11-9-2/h1H3,(H,7,8,9,10,11). The van der Waals surface area contributed by atoms with E-state index in [0.717, 1.165) is 0 Å². The van der Waals surface area contributed by atoms with Crippen molar-refractivity contribution in [3.8, 4) is 0 Å². The summed E-state index contributed by atoms with van der Waals surface area (Å²) < 4.78 is 0. The van der Waals surface area contributed by atoms with E-state index >= 15 is 0 Å². The van der Waals surface area contributed by atoms with Crippen LogP contribution in [0, 0.1) is 0 Å². The second kappa shape index (κ2) is 2.87. The van der Waals surface area contributed by atoms with Gasteiger partial charge in [0.15, 0.2) is 15.8 Å². The highest BCUT2D eigenvalue weighted by Gasteiger charge is 2.07. The average Bonchev–Trinajstić information content (AvgIpc) is 2.52. The fourth-order valence-electron chi connectivity index (χ4n) is 0.785. The minimum atomic E-state index is 0.332. The molecular formula is C5H4ClN5S. The Morgan fingerprint density at radius 3 is 2.92 bits per heavy atom. The fourth-order valence-corrected chi connectivity index (χ4v) is 1.40. The molecule has 62 valence electrons. The third kappa shape index (κ3) is 1.12. The minimum Gasteiger partial charge on any atom is -0.208 e. The molecule has 0 amide bonds. The van der Waals surface area contributed by atoms with Crippen molar-refractivity contribution in [2.45, 2.75) is 5.16 Å². The van der Waals surface area contributed by atoms with Gasteiger partial charge in [-0.1, -0.05) is 23.4 Å². The maximum Gasteiger partial charge on any atom is 0.207 e. The van der Waals surface area contributed by atoms with Crippen LogP contribution < -0.4 is 0 Å². The van der Waals surface area contributed by atoms with Crippen LogP contribution >= 0.6 is 23.4 Å². The molecule has 2 heterocycles. The zero-order chi connectivity index (χ0) is 8.55. The molecule has 0 saturated heterocycles. The van der Waals surface area contributed by atoms with Crippen LogP contribution in [-0.4, -0.2) is 31.6 Å². The number of H-pyrrole nitrogens is 1. The van der Waals surface area contributed by atoms with E-state index in [4.69, 9.17) is 11.6 Å². The zero-order valence-electron chi connectivity index (χ0n) is 6.08. The number of hydrogen-bond acceptors (Lipinski definition) is 5. The van der Waals surface area contributed by atoms with Gasteiger partial charge in [0.25, 0.3) is 0 Å².